The van der Waals surface area contributed by atoms with Gasteiger partial charge in [-0.2, -0.15) is 0 Å². The summed E-state index contributed by atoms with van der Waals surface area (Å²) in [5.41, 5.74) is 1.64. The highest BCUT2D eigenvalue weighted by atomic mass is 16.5. The Kier molecular flexibility index (Phi) is 4.70. The summed E-state index contributed by atoms with van der Waals surface area (Å²) >= 11 is 0. The standard InChI is InChI=1S/C13H19N3O3/c1-10-7-11(3-4-14-10)15-13(17)16-8-12(9-16)19-6-5-18-2/h3-4,7,12H,5-6,8-9H2,1-2H3,(H,14,15,17). The lowest BCUT2D eigenvalue weighted by Gasteiger charge is -2.38. The maximum absolute atomic E-state index is 11.9. The van der Waals surface area contributed by atoms with Crippen molar-refractivity contribution in [1.29, 1.82) is 0 Å². The van der Waals surface area contributed by atoms with E-state index >= 15 is 0 Å². The molecule has 0 saturated carbocycles. The van der Waals surface area contributed by atoms with Gasteiger partial charge in [-0.3, -0.25) is 4.98 Å². The fourth-order valence-corrected chi connectivity index (χ4v) is 1.83. The zero-order chi connectivity index (χ0) is 13.7. The van der Waals surface area contributed by atoms with Gasteiger partial charge in [0.05, 0.1) is 32.4 Å². The number of nitrogens with one attached hydrogen (secondary N) is 1. The van der Waals surface area contributed by atoms with Crippen molar-refractivity contribution in [3.8, 4) is 0 Å². The van der Waals surface area contributed by atoms with Crippen LogP contribution in [0.15, 0.2) is 18.3 Å². The van der Waals surface area contributed by atoms with Gasteiger partial charge >= 0.3 is 6.03 Å². The predicted molar refractivity (Wildman–Crippen MR) is 71.2 cm³/mol. The van der Waals surface area contributed by atoms with E-state index in [-0.39, 0.29) is 12.1 Å². The van der Waals surface area contributed by atoms with Gasteiger partial charge in [0, 0.05) is 24.7 Å². The molecule has 19 heavy (non-hydrogen) atoms. The molecule has 1 aliphatic heterocycles. The number of ether oxygens (including phenoxy) is 2. The summed E-state index contributed by atoms with van der Waals surface area (Å²) in [4.78, 5) is 17.7. The molecule has 1 aromatic rings. The quantitative estimate of drug-likeness (QED) is 0.814. The van der Waals surface area contributed by atoms with Crippen LogP contribution in [0.2, 0.25) is 0 Å². The van der Waals surface area contributed by atoms with Crippen molar-refractivity contribution in [3.63, 3.8) is 0 Å². The van der Waals surface area contributed by atoms with Gasteiger partial charge < -0.3 is 19.7 Å². The second kappa shape index (κ2) is 6.49. The van der Waals surface area contributed by atoms with Crippen molar-refractivity contribution in [1.82, 2.24) is 9.88 Å². The lowest BCUT2D eigenvalue weighted by Crippen LogP contribution is -2.56. The number of likely N-dealkylation sites (tertiary alicyclic amines) is 1. The van der Waals surface area contributed by atoms with Gasteiger partial charge in [-0.15, -0.1) is 0 Å². The molecule has 0 aromatic carbocycles. The van der Waals surface area contributed by atoms with Crippen LogP contribution >= 0.6 is 0 Å². The maximum Gasteiger partial charge on any atom is 0.322 e. The lowest BCUT2D eigenvalue weighted by atomic mass is 10.2. The van der Waals surface area contributed by atoms with E-state index in [2.05, 4.69) is 10.3 Å². The van der Waals surface area contributed by atoms with Gasteiger partial charge in [0.1, 0.15) is 0 Å². The summed E-state index contributed by atoms with van der Waals surface area (Å²) in [5, 5.41) is 2.84. The topological polar surface area (TPSA) is 63.7 Å². The molecule has 0 bridgehead atoms. The third kappa shape index (κ3) is 3.90. The number of pyridine rings is 1. The fourth-order valence-electron chi connectivity index (χ4n) is 1.83. The van der Waals surface area contributed by atoms with Crippen LogP contribution in [0, 0.1) is 6.92 Å². The molecule has 1 saturated heterocycles. The first kappa shape index (κ1) is 13.8. The van der Waals surface area contributed by atoms with Crippen molar-refractivity contribution < 1.29 is 14.3 Å². The second-order valence-corrected chi connectivity index (χ2v) is 4.51. The molecule has 6 nitrogen and oxygen atoms in total. The van der Waals surface area contributed by atoms with Crippen LogP contribution in [-0.4, -0.2) is 55.4 Å². The van der Waals surface area contributed by atoms with E-state index in [1.54, 1.807) is 24.3 Å². The highest BCUT2D eigenvalue weighted by molar-refractivity contribution is 5.89. The first-order valence-corrected chi connectivity index (χ1v) is 6.28. The van der Waals surface area contributed by atoms with Crippen molar-refractivity contribution in [2.45, 2.75) is 13.0 Å². The third-order valence-corrected chi connectivity index (χ3v) is 2.92. The SMILES string of the molecule is COCCOC1CN(C(=O)Nc2ccnc(C)c2)C1. The number of hydrogen-bond donors (Lipinski definition) is 1. The molecule has 1 aromatic heterocycles. The molecule has 0 unspecified atom stereocenters. The molecule has 0 aliphatic carbocycles. The van der Waals surface area contributed by atoms with E-state index < -0.39 is 0 Å². The monoisotopic (exact) mass is 265 g/mol. The molecule has 0 atom stereocenters. The highest BCUT2D eigenvalue weighted by Crippen LogP contribution is 2.14. The Bertz CT molecular complexity index is 433. The zero-order valence-electron chi connectivity index (χ0n) is 11.3. The average Bonchev–Trinajstić information content (AvgIpc) is 2.32. The average molecular weight is 265 g/mol. The van der Waals surface area contributed by atoms with Crippen molar-refractivity contribution in [2.75, 3.05) is 38.7 Å². The molecule has 0 spiro atoms. The van der Waals surface area contributed by atoms with Crippen LogP contribution in [0.3, 0.4) is 0 Å². The molecule has 2 heterocycles. The number of anilines is 1. The molecule has 0 radical (unpaired) electrons. The van der Waals surface area contributed by atoms with Crippen molar-refractivity contribution in [3.05, 3.63) is 24.0 Å². The van der Waals surface area contributed by atoms with Gasteiger partial charge in [0.25, 0.3) is 0 Å². The summed E-state index contributed by atoms with van der Waals surface area (Å²) in [6.07, 6.45) is 1.80. The van der Waals surface area contributed by atoms with E-state index in [1.807, 2.05) is 13.0 Å². The molecule has 2 rings (SSSR count). The third-order valence-electron chi connectivity index (χ3n) is 2.92. The molecule has 104 valence electrons. The van der Waals surface area contributed by atoms with E-state index in [0.717, 1.165) is 11.4 Å². The summed E-state index contributed by atoms with van der Waals surface area (Å²) in [7, 11) is 1.64. The molecular formula is C13H19N3O3. The van der Waals surface area contributed by atoms with E-state index in [1.165, 1.54) is 0 Å². The number of aromatic nitrogens is 1. The first-order valence-electron chi connectivity index (χ1n) is 6.28. The van der Waals surface area contributed by atoms with Gasteiger partial charge in [-0.05, 0) is 19.1 Å². The van der Waals surface area contributed by atoms with E-state index in [9.17, 15) is 4.79 Å². The number of amides is 2. The molecule has 1 aliphatic rings. The number of hydrogen-bond acceptors (Lipinski definition) is 4. The van der Waals surface area contributed by atoms with Crippen LogP contribution in [0.1, 0.15) is 5.69 Å². The number of rotatable bonds is 5. The van der Waals surface area contributed by atoms with Crippen molar-refractivity contribution in [2.24, 2.45) is 0 Å². The van der Waals surface area contributed by atoms with Gasteiger partial charge in [-0.1, -0.05) is 0 Å². The Labute approximate surface area is 112 Å². The molecule has 1 N–H and O–H groups in total. The Balaban J connectivity index is 1.71. The number of carbonyl (C=O) groups excluding carboxylic acids is 1. The molecule has 2 amide bonds. The van der Waals surface area contributed by atoms with Gasteiger partial charge in [-0.25, -0.2) is 4.79 Å². The maximum atomic E-state index is 11.9. The number of methoxy groups -OCH3 is 1. The molecule has 6 heteroatoms. The van der Waals surface area contributed by atoms with E-state index in [0.29, 0.717) is 26.3 Å². The van der Waals surface area contributed by atoms with E-state index in [4.69, 9.17) is 9.47 Å². The van der Waals surface area contributed by atoms with Crippen LogP contribution in [0.25, 0.3) is 0 Å². The summed E-state index contributed by atoms with van der Waals surface area (Å²) in [5.74, 6) is 0. The van der Waals surface area contributed by atoms with Crippen LogP contribution in [0.5, 0.6) is 0 Å². The number of carbonyl (C=O) groups is 1. The minimum absolute atomic E-state index is 0.0998. The van der Waals surface area contributed by atoms with Gasteiger partial charge in [0.15, 0.2) is 0 Å². The minimum Gasteiger partial charge on any atom is -0.382 e. The Morgan fingerprint density at radius 3 is 3.00 bits per heavy atom. The van der Waals surface area contributed by atoms with Crippen LogP contribution in [0.4, 0.5) is 10.5 Å². The lowest BCUT2D eigenvalue weighted by molar-refractivity contribution is -0.0486. The Hall–Kier alpha value is -1.66. The summed E-state index contributed by atoms with van der Waals surface area (Å²) < 4.78 is 10.4. The number of aryl methyl sites for hydroxylation is 1. The fraction of sp³-hybridized carbons (Fsp3) is 0.538. The van der Waals surface area contributed by atoms with Crippen molar-refractivity contribution >= 4 is 11.7 Å². The van der Waals surface area contributed by atoms with Crippen LogP contribution in [-0.2, 0) is 9.47 Å². The zero-order valence-corrected chi connectivity index (χ0v) is 11.3. The number of nitrogens with zero attached hydrogens (tertiary/aromatic N) is 2. The summed E-state index contributed by atoms with van der Waals surface area (Å²) in [6.45, 7) is 4.29. The normalized spacial score (nSPS) is 15.2. The smallest absolute Gasteiger partial charge is 0.322 e. The Morgan fingerprint density at radius 1 is 1.53 bits per heavy atom. The largest absolute Gasteiger partial charge is 0.382 e. The molecule has 1 fully saturated rings. The van der Waals surface area contributed by atoms with Gasteiger partial charge in [0.2, 0.25) is 0 Å². The minimum atomic E-state index is -0.0998. The number of urea groups is 1. The first-order chi connectivity index (χ1) is 9.19. The van der Waals surface area contributed by atoms with Crippen LogP contribution < -0.4 is 5.32 Å². The Morgan fingerprint density at radius 2 is 2.32 bits per heavy atom. The predicted octanol–water partition coefficient (Wildman–Crippen LogP) is 1.27. The molecular weight excluding hydrogens is 246 g/mol. The second-order valence-electron chi connectivity index (χ2n) is 4.51. The summed E-state index contributed by atoms with van der Waals surface area (Å²) in [6, 6.07) is 3.51. The highest BCUT2D eigenvalue weighted by Gasteiger charge is 2.31.